The predicted molar refractivity (Wildman–Crippen MR) is 101 cm³/mol. The van der Waals surface area contributed by atoms with E-state index in [1.54, 1.807) is 0 Å². The Morgan fingerprint density at radius 1 is 1.16 bits per heavy atom. The molecule has 1 aliphatic heterocycles. The molecule has 1 aliphatic rings. The first-order valence-electron chi connectivity index (χ1n) is 8.85. The van der Waals surface area contributed by atoms with Gasteiger partial charge in [0, 0.05) is 45.8 Å². The van der Waals surface area contributed by atoms with Crippen LogP contribution in [-0.4, -0.2) is 61.3 Å². The fourth-order valence-corrected chi connectivity index (χ4v) is 2.94. The number of morpholine rings is 1. The molecule has 1 aromatic heterocycles. The van der Waals surface area contributed by atoms with Gasteiger partial charge in [-0.2, -0.15) is 0 Å². The van der Waals surface area contributed by atoms with Crippen LogP contribution in [0.25, 0.3) is 0 Å². The van der Waals surface area contributed by atoms with Crippen molar-refractivity contribution in [3.05, 3.63) is 47.8 Å². The van der Waals surface area contributed by atoms with Crippen molar-refractivity contribution < 1.29 is 4.74 Å². The van der Waals surface area contributed by atoms with Crippen molar-refractivity contribution in [2.45, 2.75) is 13.5 Å². The fraction of sp³-hybridized carbons (Fsp3) is 0.474. The number of rotatable bonds is 7. The van der Waals surface area contributed by atoms with E-state index < -0.39 is 0 Å². The number of ether oxygens (including phenoxy) is 1. The molecule has 1 N–H and O–H groups in total. The highest BCUT2D eigenvalue weighted by Crippen LogP contribution is 2.17. The van der Waals surface area contributed by atoms with Gasteiger partial charge in [0.25, 0.3) is 0 Å². The second-order valence-corrected chi connectivity index (χ2v) is 6.38. The number of aromatic nitrogens is 2. The number of hydrogen-bond donors (Lipinski definition) is 1. The molecule has 134 valence electrons. The first-order chi connectivity index (χ1) is 12.2. The minimum Gasteiger partial charge on any atom is -0.379 e. The normalized spacial score (nSPS) is 15.1. The van der Waals surface area contributed by atoms with Gasteiger partial charge in [0.1, 0.15) is 17.5 Å². The summed E-state index contributed by atoms with van der Waals surface area (Å²) < 4.78 is 5.38. The number of aryl methyl sites for hydroxylation is 1. The van der Waals surface area contributed by atoms with Crippen molar-refractivity contribution in [3.8, 4) is 0 Å². The second-order valence-electron chi connectivity index (χ2n) is 6.38. The molecule has 1 fully saturated rings. The third-order valence-electron chi connectivity index (χ3n) is 4.32. The summed E-state index contributed by atoms with van der Waals surface area (Å²) in [6, 6.07) is 12.4. The summed E-state index contributed by atoms with van der Waals surface area (Å²) in [5.74, 6) is 2.60. The largest absolute Gasteiger partial charge is 0.379 e. The van der Waals surface area contributed by atoms with Crippen molar-refractivity contribution in [2.75, 3.05) is 56.7 Å². The zero-order valence-corrected chi connectivity index (χ0v) is 15.1. The average molecular weight is 341 g/mol. The maximum Gasteiger partial charge on any atom is 0.134 e. The average Bonchev–Trinajstić information content (AvgIpc) is 2.63. The molecular weight excluding hydrogens is 314 g/mol. The molecule has 0 spiro atoms. The van der Waals surface area contributed by atoms with Crippen LogP contribution in [0.1, 0.15) is 11.4 Å². The zero-order valence-electron chi connectivity index (χ0n) is 15.1. The molecule has 0 unspecified atom stereocenters. The van der Waals surface area contributed by atoms with Crippen LogP contribution < -0.4 is 10.2 Å². The molecule has 0 aliphatic carbocycles. The van der Waals surface area contributed by atoms with Crippen LogP contribution >= 0.6 is 0 Å². The van der Waals surface area contributed by atoms with E-state index in [2.05, 4.69) is 56.4 Å². The molecule has 0 bridgehead atoms. The van der Waals surface area contributed by atoms with Crippen molar-refractivity contribution in [1.82, 2.24) is 14.9 Å². The van der Waals surface area contributed by atoms with Gasteiger partial charge in [-0.3, -0.25) is 4.90 Å². The molecule has 0 saturated carbocycles. The Labute approximate surface area is 149 Å². The first kappa shape index (κ1) is 17.6. The minimum absolute atomic E-state index is 0.784. The summed E-state index contributed by atoms with van der Waals surface area (Å²) in [7, 11) is 2.06. The van der Waals surface area contributed by atoms with E-state index in [-0.39, 0.29) is 0 Å². The first-order valence-corrected chi connectivity index (χ1v) is 8.85. The Kier molecular flexibility index (Phi) is 6.19. The Morgan fingerprint density at radius 2 is 1.92 bits per heavy atom. The van der Waals surface area contributed by atoms with Crippen molar-refractivity contribution in [3.63, 3.8) is 0 Å². The molecule has 1 saturated heterocycles. The van der Waals surface area contributed by atoms with E-state index in [0.717, 1.165) is 63.4 Å². The highest BCUT2D eigenvalue weighted by atomic mass is 16.5. The Morgan fingerprint density at radius 3 is 2.68 bits per heavy atom. The van der Waals surface area contributed by atoms with E-state index in [0.29, 0.717) is 0 Å². The third kappa shape index (κ3) is 5.41. The standard InChI is InChI=1S/C19H27N5O/c1-16-21-18(20-8-9-24-10-12-25-13-11-24)14-19(22-16)23(2)15-17-6-4-3-5-7-17/h3-7,14H,8-13,15H2,1-2H3,(H,20,21,22). The topological polar surface area (TPSA) is 53.5 Å². The number of nitrogens with one attached hydrogen (secondary N) is 1. The van der Waals surface area contributed by atoms with Gasteiger partial charge in [-0.15, -0.1) is 0 Å². The van der Waals surface area contributed by atoms with Crippen molar-refractivity contribution >= 4 is 11.6 Å². The number of benzene rings is 1. The predicted octanol–water partition coefficient (Wildman–Crippen LogP) is 2.17. The summed E-state index contributed by atoms with van der Waals surface area (Å²) >= 11 is 0. The van der Waals surface area contributed by atoms with Crippen LogP contribution in [0.15, 0.2) is 36.4 Å². The van der Waals surface area contributed by atoms with Gasteiger partial charge >= 0.3 is 0 Å². The zero-order chi connectivity index (χ0) is 17.5. The van der Waals surface area contributed by atoms with Gasteiger partial charge in [-0.25, -0.2) is 9.97 Å². The van der Waals surface area contributed by atoms with E-state index >= 15 is 0 Å². The van der Waals surface area contributed by atoms with E-state index in [9.17, 15) is 0 Å². The molecule has 0 amide bonds. The maximum absolute atomic E-state index is 5.38. The molecule has 0 radical (unpaired) electrons. The Bertz CT molecular complexity index is 658. The van der Waals surface area contributed by atoms with Gasteiger partial charge in [-0.05, 0) is 12.5 Å². The fourth-order valence-electron chi connectivity index (χ4n) is 2.94. The lowest BCUT2D eigenvalue weighted by Gasteiger charge is -2.26. The van der Waals surface area contributed by atoms with Crippen molar-refractivity contribution in [1.29, 1.82) is 0 Å². The molecule has 6 heteroatoms. The lowest BCUT2D eigenvalue weighted by molar-refractivity contribution is 0.0398. The highest BCUT2D eigenvalue weighted by Gasteiger charge is 2.10. The monoisotopic (exact) mass is 341 g/mol. The van der Waals surface area contributed by atoms with E-state index in [4.69, 9.17) is 4.74 Å². The lowest BCUT2D eigenvalue weighted by atomic mass is 10.2. The highest BCUT2D eigenvalue weighted by molar-refractivity contribution is 5.49. The van der Waals surface area contributed by atoms with Crippen LogP contribution in [0.5, 0.6) is 0 Å². The number of hydrogen-bond acceptors (Lipinski definition) is 6. The Hall–Kier alpha value is -2.18. The minimum atomic E-state index is 0.784. The van der Waals surface area contributed by atoms with Gasteiger partial charge in [-0.1, -0.05) is 30.3 Å². The summed E-state index contributed by atoms with van der Waals surface area (Å²) in [6.07, 6.45) is 0. The van der Waals surface area contributed by atoms with Crippen molar-refractivity contribution in [2.24, 2.45) is 0 Å². The van der Waals surface area contributed by atoms with Gasteiger partial charge in [0.2, 0.25) is 0 Å². The quantitative estimate of drug-likeness (QED) is 0.833. The maximum atomic E-state index is 5.38. The molecule has 2 heterocycles. The summed E-state index contributed by atoms with van der Waals surface area (Å²) in [4.78, 5) is 13.6. The summed E-state index contributed by atoms with van der Waals surface area (Å²) in [5, 5.41) is 3.43. The Balaban J connectivity index is 1.57. The van der Waals surface area contributed by atoms with Crippen LogP contribution in [-0.2, 0) is 11.3 Å². The summed E-state index contributed by atoms with van der Waals surface area (Å²) in [5.41, 5.74) is 1.27. The molecule has 1 aromatic carbocycles. The van der Waals surface area contributed by atoms with Gasteiger partial charge in [0.05, 0.1) is 13.2 Å². The van der Waals surface area contributed by atoms with Crippen LogP contribution in [0.2, 0.25) is 0 Å². The van der Waals surface area contributed by atoms with Gasteiger partial charge < -0.3 is 15.0 Å². The SMILES string of the molecule is Cc1nc(NCCN2CCOCC2)cc(N(C)Cc2ccccc2)n1. The van der Waals surface area contributed by atoms with Crippen LogP contribution in [0.3, 0.4) is 0 Å². The molecule has 0 atom stereocenters. The van der Waals surface area contributed by atoms with E-state index in [1.807, 2.05) is 19.1 Å². The molecule has 6 nitrogen and oxygen atoms in total. The molecular formula is C19H27N5O. The number of anilines is 2. The molecule has 25 heavy (non-hydrogen) atoms. The van der Waals surface area contributed by atoms with E-state index in [1.165, 1.54) is 5.56 Å². The number of nitrogens with zero attached hydrogens (tertiary/aromatic N) is 4. The smallest absolute Gasteiger partial charge is 0.134 e. The lowest BCUT2D eigenvalue weighted by Crippen LogP contribution is -2.39. The molecule has 2 aromatic rings. The summed E-state index contributed by atoms with van der Waals surface area (Å²) in [6.45, 7) is 8.32. The third-order valence-corrected chi connectivity index (χ3v) is 4.32. The molecule has 3 rings (SSSR count). The van der Waals surface area contributed by atoms with Crippen LogP contribution in [0.4, 0.5) is 11.6 Å². The second kappa shape index (κ2) is 8.78. The van der Waals surface area contributed by atoms with Crippen LogP contribution in [0, 0.1) is 6.92 Å². The van der Waals surface area contributed by atoms with Gasteiger partial charge in [0.15, 0.2) is 0 Å².